The molecule has 76 valence electrons. The first-order valence-electron chi connectivity index (χ1n) is 4.31. The van der Waals surface area contributed by atoms with Crippen LogP contribution in [0, 0.1) is 5.92 Å². The van der Waals surface area contributed by atoms with Gasteiger partial charge in [0.05, 0.1) is 5.92 Å². The lowest BCUT2D eigenvalue weighted by atomic mass is 10.1. The monoisotopic (exact) mass is 220 g/mol. The van der Waals surface area contributed by atoms with E-state index in [1.54, 1.807) is 24.3 Å². The van der Waals surface area contributed by atoms with Crippen molar-refractivity contribution < 1.29 is 13.2 Å². The van der Waals surface area contributed by atoms with Crippen LogP contribution < -0.4 is 0 Å². The fraction of sp³-hybridized carbons (Fsp3) is 0.400. The Labute approximate surface area is 84.7 Å². The Hall–Kier alpha value is -0.700. The van der Waals surface area contributed by atoms with Gasteiger partial charge in [0.15, 0.2) is 0 Å². The second-order valence-electron chi connectivity index (χ2n) is 3.51. The lowest BCUT2D eigenvalue weighted by Crippen LogP contribution is -2.11. The van der Waals surface area contributed by atoms with Crippen molar-refractivity contribution >= 4 is 11.6 Å². The summed E-state index contributed by atoms with van der Waals surface area (Å²) in [6.07, 6.45) is -3.91. The highest BCUT2D eigenvalue weighted by molar-refractivity contribution is 6.31. The topological polar surface area (TPSA) is 0 Å². The van der Waals surface area contributed by atoms with Gasteiger partial charge in [-0.1, -0.05) is 29.8 Å². The summed E-state index contributed by atoms with van der Waals surface area (Å²) in [6, 6.07) is 6.73. The van der Waals surface area contributed by atoms with Gasteiger partial charge in [-0.05, 0) is 24.0 Å². The molecule has 0 heterocycles. The third-order valence-electron chi connectivity index (χ3n) is 2.52. The molecule has 0 aromatic heterocycles. The zero-order valence-corrected chi connectivity index (χ0v) is 7.94. The fourth-order valence-corrected chi connectivity index (χ4v) is 1.95. The van der Waals surface area contributed by atoms with E-state index in [-0.39, 0.29) is 6.42 Å². The molecule has 0 aliphatic heterocycles. The van der Waals surface area contributed by atoms with E-state index in [9.17, 15) is 13.2 Å². The SMILES string of the molecule is FC(F)(F)[C@@H]1C[C@H]1c1ccccc1Cl. The largest absolute Gasteiger partial charge is 0.392 e. The van der Waals surface area contributed by atoms with Gasteiger partial charge in [-0.15, -0.1) is 0 Å². The van der Waals surface area contributed by atoms with Crippen molar-refractivity contribution in [1.29, 1.82) is 0 Å². The summed E-state index contributed by atoms with van der Waals surface area (Å²) in [4.78, 5) is 0. The van der Waals surface area contributed by atoms with Gasteiger partial charge in [-0.2, -0.15) is 13.2 Å². The highest BCUT2D eigenvalue weighted by Gasteiger charge is 2.56. The summed E-state index contributed by atoms with van der Waals surface area (Å²) in [5, 5.41) is 0.434. The minimum Gasteiger partial charge on any atom is -0.171 e. The van der Waals surface area contributed by atoms with Crippen LogP contribution in [0.3, 0.4) is 0 Å². The van der Waals surface area contributed by atoms with Crippen LogP contribution in [-0.2, 0) is 0 Å². The molecule has 1 aromatic carbocycles. The number of alkyl halides is 3. The Morgan fingerprint density at radius 2 is 1.86 bits per heavy atom. The molecule has 0 nitrogen and oxygen atoms in total. The highest BCUT2D eigenvalue weighted by atomic mass is 35.5. The molecule has 1 fully saturated rings. The zero-order valence-electron chi connectivity index (χ0n) is 7.18. The first-order chi connectivity index (χ1) is 6.50. The van der Waals surface area contributed by atoms with Crippen LogP contribution in [0.4, 0.5) is 13.2 Å². The Morgan fingerprint density at radius 1 is 1.21 bits per heavy atom. The predicted octanol–water partition coefficient (Wildman–Crippen LogP) is 4.01. The Bertz CT molecular complexity index is 345. The maximum absolute atomic E-state index is 12.3. The van der Waals surface area contributed by atoms with Crippen LogP contribution in [-0.4, -0.2) is 6.18 Å². The summed E-state index contributed by atoms with van der Waals surface area (Å²) in [7, 11) is 0. The van der Waals surface area contributed by atoms with Gasteiger partial charge >= 0.3 is 6.18 Å². The molecular weight excluding hydrogens is 213 g/mol. The molecule has 1 saturated carbocycles. The molecule has 0 unspecified atom stereocenters. The quantitative estimate of drug-likeness (QED) is 0.671. The molecule has 0 N–H and O–H groups in total. The van der Waals surface area contributed by atoms with Crippen LogP contribution in [0.2, 0.25) is 5.02 Å². The van der Waals surface area contributed by atoms with Gasteiger partial charge in [0.2, 0.25) is 0 Å². The fourth-order valence-electron chi connectivity index (χ4n) is 1.68. The summed E-state index contributed by atoms with van der Waals surface area (Å²) >= 11 is 5.81. The summed E-state index contributed by atoms with van der Waals surface area (Å²) in [5.74, 6) is -1.62. The molecule has 0 saturated heterocycles. The van der Waals surface area contributed by atoms with Crippen molar-refractivity contribution in [3.63, 3.8) is 0 Å². The van der Waals surface area contributed by atoms with Crippen LogP contribution in [0.25, 0.3) is 0 Å². The van der Waals surface area contributed by atoms with E-state index in [2.05, 4.69) is 0 Å². The van der Waals surface area contributed by atoms with Crippen molar-refractivity contribution in [3.05, 3.63) is 34.9 Å². The molecule has 0 radical (unpaired) electrons. The maximum atomic E-state index is 12.3. The standard InChI is InChI=1S/C10H8ClF3/c11-9-4-2-1-3-6(9)7-5-8(7)10(12,13)14/h1-4,7-8H,5H2/t7-,8+/m0/s1. The van der Waals surface area contributed by atoms with E-state index in [1.807, 2.05) is 0 Å². The van der Waals surface area contributed by atoms with Crippen LogP contribution >= 0.6 is 11.6 Å². The van der Waals surface area contributed by atoms with E-state index >= 15 is 0 Å². The van der Waals surface area contributed by atoms with Crippen molar-refractivity contribution in [1.82, 2.24) is 0 Å². The Balaban J connectivity index is 2.18. The minimum absolute atomic E-state index is 0.174. The van der Waals surface area contributed by atoms with Crippen molar-refractivity contribution in [2.75, 3.05) is 0 Å². The molecular formula is C10H8ClF3. The number of benzene rings is 1. The van der Waals surface area contributed by atoms with Crippen LogP contribution in [0.15, 0.2) is 24.3 Å². The van der Waals surface area contributed by atoms with Crippen LogP contribution in [0.5, 0.6) is 0 Å². The number of hydrogen-bond donors (Lipinski definition) is 0. The molecule has 2 atom stereocenters. The Kier molecular flexibility index (Phi) is 2.22. The molecule has 0 spiro atoms. The summed E-state index contributed by atoms with van der Waals surface area (Å²) in [5.41, 5.74) is 0.622. The van der Waals surface area contributed by atoms with E-state index in [1.165, 1.54) is 0 Å². The zero-order chi connectivity index (χ0) is 10.3. The molecule has 4 heteroatoms. The van der Waals surface area contributed by atoms with Gasteiger partial charge in [0.25, 0.3) is 0 Å². The molecule has 0 amide bonds. The molecule has 2 rings (SSSR count). The molecule has 0 bridgehead atoms. The normalized spacial score (nSPS) is 26.3. The number of hydrogen-bond acceptors (Lipinski definition) is 0. The van der Waals surface area contributed by atoms with E-state index < -0.39 is 18.0 Å². The van der Waals surface area contributed by atoms with Gasteiger partial charge in [-0.25, -0.2) is 0 Å². The molecule has 1 aromatic rings. The predicted molar refractivity (Wildman–Crippen MR) is 48.4 cm³/mol. The second-order valence-corrected chi connectivity index (χ2v) is 3.92. The maximum Gasteiger partial charge on any atom is 0.392 e. The second kappa shape index (κ2) is 3.16. The van der Waals surface area contributed by atoms with Gasteiger partial charge in [0, 0.05) is 5.02 Å². The minimum atomic E-state index is -4.08. The lowest BCUT2D eigenvalue weighted by molar-refractivity contribution is -0.148. The first kappa shape index (κ1) is 9.84. The smallest absolute Gasteiger partial charge is 0.171 e. The number of rotatable bonds is 1. The first-order valence-corrected chi connectivity index (χ1v) is 4.69. The van der Waals surface area contributed by atoms with Crippen molar-refractivity contribution in [3.8, 4) is 0 Å². The van der Waals surface area contributed by atoms with Gasteiger partial charge < -0.3 is 0 Å². The van der Waals surface area contributed by atoms with Crippen molar-refractivity contribution in [2.24, 2.45) is 5.92 Å². The van der Waals surface area contributed by atoms with Gasteiger partial charge in [-0.3, -0.25) is 0 Å². The van der Waals surface area contributed by atoms with Gasteiger partial charge in [0.1, 0.15) is 0 Å². The third-order valence-corrected chi connectivity index (χ3v) is 2.86. The van der Waals surface area contributed by atoms with Crippen molar-refractivity contribution in [2.45, 2.75) is 18.5 Å². The lowest BCUT2D eigenvalue weighted by Gasteiger charge is -2.06. The van der Waals surface area contributed by atoms with E-state index in [0.29, 0.717) is 10.6 Å². The Morgan fingerprint density at radius 3 is 2.36 bits per heavy atom. The average Bonchev–Trinajstić information content (AvgIpc) is 2.83. The summed E-state index contributed by atoms with van der Waals surface area (Å²) in [6.45, 7) is 0. The van der Waals surface area contributed by atoms with E-state index in [0.717, 1.165) is 0 Å². The summed E-state index contributed by atoms with van der Waals surface area (Å²) < 4.78 is 36.8. The average molecular weight is 221 g/mol. The molecule has 14 heavy (non-hydrogen) atoms. The molecule has 1 aliphatic rings. The van der Waals surface area contributed by atoms with Crippen LogP contribution in [0.1, 0.15) is 17.9 Å². The highest BCUT2D eigenvalue weighted by Crippen LogP contribution is 2.57. The van der Waals surface area contributed by atoms with E-state index in [4.69, 9.17) is 11.6 Å². The third kappa shape index (κ3) is 1.73. The number of halogens is 4. The molecule has 1 aliphatic carbocycles.